The summed E-state index contributed by atoms with van der Waals surface area (Å²) in [7, 11) is -9.51. The van der Waals surface area contributed by atoms with E-state index in [2.05, 4.69) is 30.3 Å². The van der Waals surface area contributed by atoms with Gasteiger partial charge in [0.1, 0.15) is 0 Å². The standard InChI is InChI=1S/C28H43NO3S2Si/c1-6-7-18-27(24-14-10-8-11-15-24)28(35(3,4)5)33(30,25-16-12-9-13-17-25)29-34(31,32)26-21-19-23(2)20-22-26/h9,12-13,16-17,19-22,24,27-28H,6-8,10-11,14-15,18H2,1-5H3. The largest absolute Gasteiger partial charge is 0.290 e. The summed E-state index contributed by atoms with van der Waals surface area (Å²) in [6.07, 6.45) is 9.09. The zero-order valence-corrected chi connectivity index (χ0v) is 24.7. The van der Waals surface area contributed by atoms with Gasteiger partial charge in [-0.25, -0.2) is 4.21 Å². The SMILES string of the molecule is CCCCC(C1CCCCC1)C([Si](C)(C)C)S(=O)(=NS(=O)(=O)c1ccc(C)cc1)c1ccccc1. The third-order valence-corrected chi connectivity index (χ3v) is 17.1. The zero-order valence-electron chi connectivity index (χ0n) is 22.1. The highest BCUT2D eigenvalue weighted by molar-refractivity contribution is 8.04. The molecule has 1 saturated carbocycles. The van der Waals surface area contributed by atoms with Crippen LogP contribution in [0.3, 0.4) is 0 Å². The predicted molar refractivity (Wildman–Crippen MR) is 150 cm³/mol. The average Bonchev–Trinajstić information content (AvgIpc) is 2.82. The summed E-state index contributed by atoms with van der Waals surface area (Å²) in [5, 5.41) is 0. The van der Waals surface area contributed by atoms with Gasteiger partial charge in [0.25, 0.3) is 10.0 Å². The van der Waals surface area contributed by atoms with E-state index in [1.807, 2.05) is 37.3 Å². The maximum atomic E-state index is 15.3. The summed E-state index contributed by atoms with van der Waals surface area (Å²) in [6, 6.07) is 15.9. The highest BCUT2D eigenvalue weighted by Crippen LogP contribution is 2.43. The van der Waals surface area contributed by atoms with E-state index in [0.717, 1.165) is 37.7 Å². The van der Waals surface area contributed by atoms with Gasteiger partial charge in [-0.3, -0.25) is 0 Å². The maximum Gasteiger partial charge on any atom is 0.290 e. The molecule has 3 unspecified atom stereocenters. The zero-order chi connectivity index (χ0) is 25.7. The molecule has 1 aliphatic rings. The first kappa shape index (κ1) is 28.1. The van der Waals surface area contributed by atoms with Gasteiger partial charge < -0.3 is 0 Å². The fraction of sp³-hybridized carbons (Fsp3) is 0.571. The van der Waals surface area contributed by atoms with Gasteiger partial charge >= 0.3 is 0 Å². The molecule has 0 heterocycles. The summed E-state index contributed by atoms with van der Waals surface area (Å²) in [5.74, 6) is 0.695. The summed E-state index contributed by atoms with van der Waals surface area (Å²) < 4.78 is 47.1. The van der Waals surface area contributed by atoms with Gasteiger partial charge in [-0.15, -0.1) is 3.77 Å². The van der Waals surface area contributed by atoms with Crippen LogP contribution in [-0.4, -0.2) is 25.6 Å². The lowest BCUT2D eigenvalue weighted by atomic mass is 9.78. The second-order valence-corrected chi connectivity index (χ2v) is 21.1. The lowest BCUT2D eigenvalue weighted by Gasteiger charge is -2.42. The number of hydrogen-bond donors (Lipinski definition) is 0. The molecule has 0 spiro atoms. The minimum atomic E-state index is -4.10. The number of hydrogen-bond acceptors (Lipinski definition) is 3. The Morgan fingerprint density at radius 2 is 1.49 bits per heavy atom. The van der Waals surface area contributed by atoms with Crippen LogP contribution in [-0.2, 0) is 19.8 Å². The first-order valence-corrected chi connectivity index (χ1v) is 19.7. The van der Waals surface area contributed by atoms with E-state index in [4.69, 9.17) is 0 Å². The molecule has 0 amide bonds. The fourth-order valence-electron chi connectivity index (χ4n) is 5.75. The minimum absolute atomic E-state index is 0.115. The van der Waals surface area contributed by atoms with E-state index in [1.54, 1.807) is 24.3 Å². The third kappa shape index (κ3) is 6.86. The van der Waals surface area contributed by atoms with Crippen molar-refractivity contribution in [3.8, 4) is 0 Å². The topological polar surface area (TPSA) is 63.6 Å². The van der Waals surface area contributed by atoms with Crippen molar-refractivity contribution in [2.45, 2.75) is 99.5 Å². The normalized spacial score (nSPS) is 19.0. The Morgan fingerprint density at radius 3 is 2.03 bits per heavy atom. The van der Waals surface area contributed by atoms with Crippen LogP contribution in [0.1, 0.15) is 63.9 Å². The molecule has 3 atom stereocenters. The molecule has 1 aliphatic carbocycles. The molecule has 2 aromatic carbocycles. The molecule has 0 aliphatic heterocycles. The van der Waals surface area contributed by atoms with Crippen molar-refractivity contribution in [3.63, 3.8) is 0 Å². The molecule has 2 aromatic rings. The van der Waals surface area contributed by atoms with Gasteiger partial charge in [-0.2, -0.15) is 8.42 Å². The second kappa shape index (κ2) is 11.7. The van der Waals surface area contributed by atoms with Crippen LogP contribution < -0.4 is 0 Å². The summed E-state index contributed by atoms with van der Waals surface area (Å²) in [5.41, 5.74) is 0.977. The Kier molecular flexibility index (Phi) is 9.43. The first-order valence-electron chi connectivity index (χ1n) is 13.1. The Morgan fingerprint density at radius 1 is 0.886 bits per heavy atom. The third-order valence-electron chi connectivity index (χ3n) is 7.34. The van der Waals surface area contributed by atoms with Gasteiger partial charge in [0.15, 0.2) is 0 Å². The second-order valence-electron chi connectivity index (χ2n) is 11.2. The van der Waals surface area contributed by atoms with Crippen molar-refractivity contribution in [1.29, 1.82) is 0 Å². The Bertz CT molecular complexity index is 1170. The number of nitrogens with zero attached hydrogens (tertiary/aromatic N) is 1. The molecule has 0 aromatic heterocycles. The summed E-state index contributed by atoms with van der Waals surface area (Å²) >= 11 is 0. The number of sulfonamides is 1. The quantitative estimate of drug-likeness (QED) is 0.292. The molecule has 0 saturated heterocycles. The van der Waals surface area contributed by atoms with Crippen molar-refractivity contribution in [2.24, 2.45) is 15.6 Å². The van der Waals surface area contributed by atoms with Crippen LogP contribution in [0.5, 0.6) is 0 Å². The van der Waals surface area contributed by atoms with Crippen LogP contribution in [0.2, 0.25) is 19.6 Å². The molecule has 7 heteroatoms. The number of benzene rings is 2. The van der Waals surface area contributed by atoms with Crippen molar-refractivity contribution >= 4 is 27.8 Å². The van der Waals surface area contributed by atoms with Gasteiger partial charge in [0, 0.05) is 9.77 Å². The Hall–Kier alpha value is -1.44. The van der Waals surface area contributed by atoms with E-state index in [-0.39, 0.29) is 15.7 Å². The van der Waals surface area contributed by atoms with Crippen LogP contribution in [0.4, 0.5) is 0 Å². The van der Waals surface area contributed by atoms with Crippen molar-refractivity contribution in [3.05, 3.63) is 60.2 Å². The van der Waals surface area contributed by atoms with E-state index >= 15 is 4.21 Å². The monoisotopic (exact) mass is 533 g/mol. The number of rotatable bonds is 10. The van der Waals surface area contributed by atoms with Crippen molar-refractivity contribution < 1.29 is 12.6 Å². The summed E-state index contributed by atoms with van der Waals surface area (Å²) in [4.78, 5) is 0.427. The van der Waals surface area contributed by atoms with Gasteiger partial charge in [0.05, 0.1) is 22.7 Å². The molecule has 3 rings (SSSR count). The fourth-order valence-corrected chi connectivity index (χ4v) is 16.5. The summed E-state index contributed by atoms with van der Waals surface area (Å²) in [6.45, 7) is 10.9. The van der Waals surface area contributed by atoms with Crippen molar-refractivity contribution in [2.75, 3.05) is 0 Å². The molecule has 0 N–H and O–H groups in total. The van der Waals surface area contributed by atoms with Gasteiger partial charge in [-0.05, 0) is 49.4 Å². The Balaban J connectivity index is 2.28. The smallest absolute Gasteiger partial charge is 0.244 e. The highest BCUT2D eigenvalue weighted by Gasteiger charge is 2.46. The number of unbranched alkanes of at least 4 members (excludes halogenated alkanes) is 1. The van der Waals surface area contributed by atoms with Crippen molar-refractivity contribution in [1.82, 2.24) is 0 Å². The predicted octanol–water partition coefficient (Wildman–Crippen LogP) is 7.84. The Labute approximate surface area is 215 Å². The maximum absolute atomic E-state index is 15.3. The van der Waals surface area contributed by atoms with Gasteiger partial charge in [0.2, 0.25) is 0 Å². The molecule has 35 heavy (non-hydrogen) atoms. The van der Waals surface area contributed by atoms with E-state index < -0.39 is 27.8 Å². The van der Waals surface area contributed by atoms with Crippen LogP contribution >= 0.6 is 0 Å². The number of aryl methyl sites for hydroxylation is 1. The van der Waals surface area contributed by atoms with Crippen LogP contribution in [0, 0.1) is 18.8 Å². The highest BCUT2D eigenvalue weighted by atomic mass is 32.3. The molecule has 194 valence electrons. The van der Waals surface area contributed by atoms with E-state index in [1.165, 1.54) is 19.3 Å². The van der Waals surface area contributed by atoms with E-state index in [0.29, 0.717) is 10.8 Å². The lowest BCUT2D eigenvalue weighted by molar-refractivity contribution is 0.240. The molecule has 4 nitrogen and oxygen atoms in total. The molecule has 0 radical (unpaired) electrons. The first-order chi connectivity index (χ1) is 16.5. The van der Waals surface area contributed by atoms with Crippen LogP contribution in [0.15, 0.2) is 68.2 Å². The molecule has 0 bridgehead atoms. The average molecular weight is 534 g/mol. The van der Waals surface area contributed by atoms with E-state index in [9.17, 15) is 8.42 Å². The minimum Gasteiger partial charge on any atom is -0.244 e. The lowest BCUT2D eigenvalue weighted by Crippen LogP contribution is -2.51. The molecular weight excluding hydrogens is 491 g/mol. The molecule has 1 fully saturated rings. The molecular formula is C28H43NO3S2Si. The van der Waals surface area contributed by atoms with Gasteiger partial charge in [-0.1, -0.05) is 107 Å². The van der Waals surface area contributed by atoms with Crippen LogP contribution in [0.25, 0.3) is 0 Å².